The summed E-state index contributed by atoms with van der Waals surface area (Å²) in [5.74, 6) is -0.205. The highest BCUT2D eigenvalue weighted by atomic mass is 16.6. The number of imide groups is 1. The van der Waals surface area contributed by atoms with Crippen LogP contribution in [-0.2, 0) is 25.7 Å². The lowest BCUT2D eigenvalue weighted by Gasteiger charge is -2.37. The second kappa shape index (κ2) is 11.9. The third kappa shape index (κ3) is 6.83. The molecule has 4 heterocycles. The van der Waals surface area contributed by atoms with E-state index in [4.69, 9.17) is 4.74 Å². The average Bonchev–Trinajstić information content (AvgIpc) is 3.23. The molecule has 3 fully saturated rings. The van der Waals surface area contributed by atoms with E-state index in [1.165, 1.54) is 6.42 Å². The summed E-state index contributed by atoms with van der Waals surface area (Å²) in [5, 5.41) is 2.36. The molecule has 10 heteroatoms. The van der Waals surface area contributed by atoms with Crippen molar-refractivity contribution in [2.45, 2.75) is 71.1 Å². The van der Waals surface area contributed by atoms with Crippen LogP contribution < -0.4 is 10.2 Å². The van der Waals surface area contributed by atoms with Crippen LogP contribution in [0.4, 0.5) is 5.69 Å². The van der Waals surface area contributed by atoms with Gasteiger partial charge in [-0.05, 0) is 95.8 Å². The highest BCUT2D eigenvalue weighted by molar-refractivity contribution is 6.05. The van der Waals surface area contributed by atoms with Crippen molar-refractivity contribution in [2.24, 2.45) is 5.92 Å². The van der Waals surface area contributed by atoms with Crippen LogP contribution in [0.2, 0.25) is 0 Å². The van der Waals surface area contributed by atoms with Crippen molar-refractivity contribution in [1.82, 2.24) is 20.0 Å². The Morgan fingerprint density at radius 3 is 2.38 bits per heavy atom. The number of carbonyl (C=O) groups excluding carboxylic acids is 4. The molecule has 218 valence electrons. The van der Waals surface area contributed by atoms with Crippen molar-refractivity contribution in [1.29, 1.82) is 0 Å². The predicted molar refractivity (Wildman–Crippen MR) is 151 cm³/mol. The van der Waals surface area contributed by atoms with Crippen molar-refractivity contribution in [3.8, 4) is 0 Å². The Kier molecular flexibility index (Phi) is 8.47. The highest BCUT2D eigenvalue weighted by Gasteiger charge is 2.39. The normalized spacial score (nSPS) is 23.4. The lowest BCUT2D eigenvalue weighted by atomic mass is 9.93. The number of benzene rings is 1. The number of anilines is 1. The lowest BCUT2D eigenvalue weighted by Crippen LogP contribution is -2.52. The number of likely N-dealkylation sites (tertiary alicyclic amines) is 1. The number of carbonyl (C=O) groups is 4. The van der Waals surface area contributed by atoms with Crippen molar-refractivity contribution < 1.29 is 23.9 Å². The molecule has 0 aliphatic carbocycles. The van der Waals surface area contributed by atoms with Gasteiger partial charge in [-0.1, -0.05) is 0 Å². The molecule has 0 bridgehead atoms. The van der Waals surface area contributed by atoms with Gasteiger partial charge in [0.15, 0.2) is 0 Å². The van der Waals surface area contributed by atoms with E-state index in [1.54, 1.807) is 4.90 Å². The molecule has 1 atom stereocenters. The Morgan fingerprint density at radius 1 is 0.975 bits per heavy atom. The van der Waals surface area contributed by atoms with Crippen molar-refractivity contribution in [2.75, 3.05) is 57.3 Å². The number of hydrogen-bond acceptors (Lipinski definition) is 8. The van der Waals surface area contributed by atoms with Crippen LogP contribution >= 0.6 is 0 Å². The summed E-state index contributed by atoms with van der Waals surface area (Å²) < 4.78 is 5.47. The molecular formula is C30H43N5O5. The fourth-order valence-corrected chi connectivity index (χ4v) is 6.34. The molecule has 3 saturated heterocycles. The van der Waals surface area contributed by atoms with E-state index in [-0.39, 0.29) is 30.1 Å². The summed E-state index contributed by atoms with van der Waals surface area (Å²) in [6.07, 6.45) is 4.10. The van der Waals surface area contributed by atoms with E-state index < -0.39 is 11.6 Å². The van der Waals surface area contributed by atoms with Gasteiger partial charge < -0.3 is 14.5 Å². The SMILES string of the molecule is CC(C)(C)OC(=O)CN1CCC(CCN2CCN(c3ccc4c(c3)CN(C3CCC(=O)NC3=O)C4=O)CC2)CC1. The predicted octanol–water partition coefficient (Wildman–Crippen LogP) is 2.01. The fraction of sp³-hybridized carbons (Fsp3) is 0.667. The molecular weight excluding hydrogens is 510 g/mol. The molecule has 1 aromatic rings. The van der Waals surface area contributed by atoms with E-state index in [2.05, 4.69) is 26.1 Å². The maximum atomic E-state index is 13.0. The first kappa shape index (κ1) is 28.5. The molecule has 1 N–H and O–H groups in total. The minimum Gasteiger partial charge on any atom is -0.459 e. The fourth-order valence-electron chi connectivity index (χ4n) is 6.34. The van der Waals surface area contributed by atoms with Gasteiger partial charge >= 0.3 is 5.97 Å². The van der Waals surface area contributed by atoms with Gasteiger partial charge in [0, 0.05) is 50.4 Å². The summed E-state index contributed by atoms with van der Waals surface area (Å²) in [7, 11) is 0. The Bertz CT molecular complexity index is 1130. The molecule has 40 heavy (non-hydrogen) atoms. The Balaban J connectivity index is 1.04. The smallest absolute Gasteiger partial charge is 0.320 e. The monoisotopic (exact) mass is 553 g/mol. The standard InChI is InChI=1S/C30H43N5O5/c1-30(2,3)40-27(37)20-33-12-9-21(10-13-33)8-11-32-14-16-34(17-15-32)23-4-5-24-22(18-23)19-35(29(24)39)25-6-7-26(36)31-28(25)38/h4-5,18,21,25H,6-17,19-20H2,1-3H3,(H,31,36,38). The van der Waals surface area contributed by atoms with Gasteiger partial charge in [0.1, 0.15) is 11.6 Å². The number of ether oxygens (including phenoxy) is 1. The molecule has 0 radical (unpaired) electrons. The summed E-state index contributed by atoms with van der Waals surface area (Å²) in [4.78, 5) is 57.7. The van der Waals surface area contributed by atoms with E-state index >= 15 is 0 Å². The number of piperazine rings is 1. The van der Waals surface area contributed by atoms with Crippen LogP contribution in [-0.4, -0.2) is 102 Å². The molecule has 3 amide bonds. The molecule has 0 aromatic heterocycles. The minimum atomic E-state index is -0.582. The first-order valence-corrected chi connectivity index (χ1v) is 14.7. The first-order valence-electron chi connectivity index (χ1n) is 14.7. The van der Waals surface area contributed by atoms with Crippen LogP contribution in [0.15, 0.2) is 18.2 Å². The van der Waals surface area contributed by atoms with Crippen molar-refractivity contribution >= 4 is 29.4 Å². The van der Waals surface area contributed by atoms with Crippen LogP contribution in [0.3, 0.4) is 0 Å². The number of fused-ring (bicyclic) bond motifs is 1. The Morgan fingerprint density at radius 2 is 1.70 bits per heavy atom. The summed E-state index contributed by atoms with van der Waals surface area (Å²) in [5.41, 5.74) is 2.29. The minimum absolute atomic E-state index is 0.128. The molecule has 5 rings (SSSR count). The van der Waals surface area contributed by atoms with Crippen LogP contribution in [0.5, 0.6) is 0 Å². The number of piperidine rings is 2. The van der Waals surface area contributed by atoms with Crippen molar-refractivity contribution in [3.05, 3.63) is 29.3 Å². The summed E-state index contributed by atoms with van der Waals surface area (Å²) in [6, 6.07) is 5.42. The van der Waals surface area contributed by atoms with Crippen molar-refractivity contribution in [3.63, 3.8) is 0 Å². The number of nitrogens with zero attached hydrogens (tertiary/aromatic N) is 4. The highest BCUT2D eigenvalue weighted by Crippen LogP contribution is 2.31. The van der Waals surface area contributed by atoms with Crippen LogP contribution in [0.25, 0.3) is 0 Å². The van der Waals surface area contributed by atoms with Gasteiger partial charge in [0.2, 0.25) is 11.8 Å². The maximum absolute atomic E-state index is 13.0. The lowest BCUT2D eigenvalue weighted by molar-refractivity contribution is -0.156. The van der Waals surface area contributed by atoms with Gasteiger partial charge in [-0.15, -0.1) is 0 Å². The quantitative estimate of drug-likeness (QED) is 0.404. The molecule has 1 unspecified atom stereocenters. The van der Waals surface area contributed by atoms with Gasteiger partial charge in [-0.25, -0.2) is 0 Å². The molecule has 4 aliphatic rings. The number of hydrogen-bond donors (Lipinski definition) is 1. The Labute approximate surface area is 237 Å². The van der Waals surface area contributed by atoms with E-state index in [1.807, 2.05) is 32.9 Å². The zero-order chi connectivity index (χ0) is 28.4. The number of esters is 1. The van der Waals surface area contributed by atoms with Gasteiger partial charge in [-0.3, -0.25) is 34.3 Å². The summed E-state index contributed by atoms with van der Waals surface area (Å²) in [6.45, 7) is 13.4. The summed E-state index contributed by atoms with van der Waals surface area (Å²) >= 11 is 0. The topological polar surface area (TPSA) is 102 Å². The number of nitrogens with one attached hydrogen (secondary N) is 1. The molecule has 10 nitrogen and oxygen atoms in total. The molecule has 0 spiro atoms. The molecule has 0 saturated carbocycles. The largest absolute Gasteiger partial charge is 0.459 e. The van der Waals surface area contributed by atoms with E-state index in [0.717, 1.165) is 69.9 Å². The van der Waals surface area contributed by atoms with E-state index in [9.17, 15) is 19.2 Å². The third-order valence-electron chi connectivity index (χ3n) is 8.58. The average molecular weight is 554 g/mol. The van der Waals surface area contributed by atoms with E-state index in [0.29, 0.717) is 31.0 Å². The first-order chi connectivity index (χ1) is 19.1. The third-order valence-corrected chi connectivity index (χ3v) is 8.58. The van der Waals surface area contributed by atoms with Gasteiger partial charge in [0.25, 0.3) is 5.91 Å². The van der Waals surface area contributed by atoms with Crippen LogP contribution in [0, 0.1) is 5.92 Å². The maximum Gasteiger partial charge on any atom is 0.320 e. The second-order valence-corrected chi connectivity index (χ2v) is 12.7. The zero-order valence-electron chi connectivity index (χ0n) is 24.1. The molecule has 1 aromatic carbocycles. The Hall–Kier alpha value is -2.98. The van der Waals surface area contributed by atoms with Gasteiger partial charge in [0.05, 0.1) is 6.54 Å². The van der Waals surface area contributed by atoms with Crippen LogP contribution in [0.1, 0.15) is 68.8 Å². The number of amides is 3. The number of rotatable bonds is 7. The second-order valence-electron chi connectivity index (χ2n) is 12.7. The zero-order valence-corrected chi connectivity index (χ0v) is 24.1. The van der Waals surface area contributed by atoms with Gasteiger partial charge in [-0.2, -0.15) is 0 Å². The molecule has 4 aliphatic heterocycles.